The Labute approximate surface area is 192 Å². The first-order valence-electron chi connectivity index (χ1n) is 10.0. The fourth-order valence-corrected chi connectivity index (χ4v) is 2.95. The predicted molar refractivity (Wildman–Crippen MR) is 124 cm³/mol. The minimum absolute atomic E-state index is 0.123. The van der Waals surface area contributed by atoms with Crippen LogP contribution >= 0.6 is 9.24 Å². The maximum atomic E-state index is 13.8. The molecule has 33 heavy (non-hydrogen) atoms. The van der Waals surface area contributed by atoms with E-state index in [0.717, 1.165) is 10.6 Å². The molecule has 1 atom stereocenters. The van der Waals surface area contributed by atoms with E-state index in [2.05, 4.69) is 14.2 Å². The van der Waals surface area contributed by atoms with Crippen molar-refractivity contribution in [3.8, 4) is 17.1 Å². The molecule has 1 radical (unpaired) electrons. The summed E-state index contributed by atoms with van der Waals surface area (Å²) in [5, 5.41) is -0.224. The van der Waals surface area contributed by atoms with Gasteiger partial charge in [-0.25, -0.2) is 9.18 Å². The summed E-state index contributed by atoms with van der Waals surface area (Å²) in [6.07, 6.45) is -1.93. The molecule has 11 heteroatoms. The number of alkyl halides is 3. The van der Waals surface area contributed by atoms with Crippen LogP contribution in [0.4, 0.5) is 17.6 Å². The van der Waals surface area contributed by atoms with E-state index in [1.54, 1.807) is 19.6 Å². The number of halogens is 4. The molecule has 0 aliphatic rings. The largest absolute Gasteiger partial charge is 0.429 e. The van der Waals surface area contributed by atoms with Gasteiger partial charge in [0.1, 0.15) is 5.82 Å². The van der Waals surface area contributed by atoms with E-state index in [-0.39, 0.29) is 16.5 Å². The second-order valence-corrected chi connectivity index (χ2v) is 10.3. The molecule has 2 aromatic heterocycles. The van der Waals surface area contributed by atoms with Crippen LogP contribution in [0.15, 0.2) is 47.5 Å². The summed E-state index contributed by atoms with van der Waals surface area (Å²) in [5.41, 5.74) is -1.44. The fraction of sp³-hybridized carbons (Fsp3) is 0.364. The molecule has 0 aliphatic carbocycles. The van der Waals surface area contributed by atoms with Crippen molar-refractivity contribution in [2.24, 2.45) is 7.05 Å². The van der Waals surface area contributed by atoms with Gasteiger partial charge in [-0.15, -0.1) is 9.24 Å². The quantitative estimate of drug-likeness (QED) is 0.304. The third-order valence-corrected chi connectivity index (χ3v) is 6.35. The standard InChI is InChI=1S/C22H24BF4N3O2P/c1-20(2,21(3,4)33)32-23-13-8-9-28-17(10-13)18-12-29(5)19(31)30(18)14-6-7-16(24)15(11-14)22(25,26)27/h6-12H,33H2,1-5H3. The Morgan fingerprint density at radius 3 is 2.36 bits per heavy atom. The molecule has 5 nitrogen and oxygen atoms in total. The molecule has 1 unspecified atom stereocenters. The van der Waals surface area contributed by atoms with Crippen LogP contribution in [-0.2, 0) is 17.9 Å². The van der Waals surface area contributed by atoms with Gasteiger partial charge in [0, 0.05) is 24.6 Å². The second-order valence-electron chi connectivity index (χ2n) is 8.85. The monoisotopic (exact) mass is 480 g/mol. The number of hydrogen-bond acceptors (Lipinski definition) is 3. The number of nitrogens with zero attached hydrogens (tertiary/aromatic N) is 3. The van der Waals surface area contributed by atoms with E-state index in [0.29, 0.717) is 23.3 Å². The predicted octanol–water partition coefficient (Wildman–Crippen LogP) is 4.09. The molecular weight excluding hydrogens is 456 g/mol. The van der Waals surface area contributed by atoms with Crippen molar-refractivity contribution in [3.63, 3.8) is 0 Å². The highest BCUT2D eigenvalue weighted by Gasteiger charge is 2.35. The van der Waals surface area contributed by atoms with Gasteiger partial charge in [0.05, 0.1) is 28.2 Å². The van der Waals surface area contributed by atoms with Crippen molar-refractivity contribution in [3.05, 3.63) is 64.6 Å². The molecule has 0 spiro atoms. The summed E-state index contributed by atoms with van der Waals surface area (Å²) in [4.78, 5) is 17.0. The van der Waals surface area contributed by atoms with Crippen molar-refractivity contribution in [1.29, 1.82) is 0 Å². The summed E-state index contributed by atoms with van der Waals surface area (Å²) in [6.45, 7) is 7.93. The van der Waals surface area contributed by atoms with Gasteiger partial charge in [0.2, 0.25) is 0 Å². The molecule has 0 saturated heterocycles. The second kappa shape index (κ2) is 8.72. The van der Waals surface area contributed by atoms with Gasteiger partial charge in [0.25, 0.3) is 0 Å². The maximum absolute atomic E-state index is 13.8. The van der Waals surface area contributed by atoms with Crippen molar-refractivity contribution in [1.82, 2.24) is 14.1 Å². The SMILES string of the molecule is Cn1cc(-c2cc([B]OC(C)(C)C(C)(C)P)ccn2)n(-c2ccc(F)c(C(F)(F)F)c2)c1=O. The average Bonchev–Trinajstić information content (AvgIpc) is 3.00. The Bertz CT molecular complexity index is 1230. The van der Waals surface area contributed by atoms with Gasteiger partial charge >= 0.3 is 19.3 Å². The van der Waals surface area contributed by atoms with E-state index in [1.165, 1.54) is 24.0 Å². The molecule has 1 aromatic carbocycles. The molecule has 0 aliphatic heterocycles. The fourth-order valence-electron chi connectivity index (χ4n) is 2.88. The van der Waals surface area contributed by atoms with Gasteiger partial charge in [-0.2, -0.15) is 13.2 Å². The Kier molecular flexibility index (Phi) is 6.66. The lowest BCUT2D eigenvalue weighted by atomic mass is 9.84. The van der Waals surface area contributed by atoms with Gasteiger partial charge in [-0.1, -0.05) is 13.8 Å². The van der Waals surface area contributed by atoms with Crippen LogP contribution in [0, 0.1) is 5.82 Å². The van der Waals surface area contributed by atoms with E-state index in [4.69, 9.17) is 4.65 Å². The summed E-state index contributed by atoms with van der Waals surface area (Å²) in [6, 6.07) is 5.80. The molecular formula is C22H24BF4N3O2P. The smallest absolute Gasteiger partial charge is 0.419 e. The number of imidazole rings is 1. The van der Waals surface area contributed by atoms with E-state index < -0.39 is 28.8 Å². The van der Waals surface area contributed by atoms with Gasteiger partial charge < -0.3 is 9.22 Å². The number of rotatable bonds is 6. The van der Waals surface area contributed by atoms with Crippen LogP contribution in [-0.4, -0.2) is 32.4 Å². The highest BCUT2D eigenvalue weighted by Crippen LogP contribution is 2.34. The normalized spacial score (nSPS) is 12.8. The zero-order valence-corrected chi connectivity index (χ0v) is 20.0. The van der Waals surface area contributed by atoms with Gasteiger partial charge in [-0.3, -0.25) is 9.55 Å². The molecule has 3 aromatic rings. The van der Waals surface area contributed by atoms with Crippen LogP contribution < -0.4 is 11.2 Å². The highest BCUT2D eigenvalue weighted by atomic mass is 31.0. The van der Waals surface area contributed by atoms with Crippen LogP contribution in [0.1, 0.15) is 33.3 Å². The van der Waals surface area contributed by atoms with E-state index in [9.17, 15) is 22.4 Å². The summed E-state index contributed by atoms with van der Waals surface area (Å²) < 4.78 is 61.7. The number of benzene rings is 1. The zero-order chi connectivity index (χ0) is 24.8. The first kappa shape index (κ1) is 25.2. The van der Waals surface area contributed by atoms with Crippen LogP contribution in [0.2, 0.25) is 0 Å². The first-order chi connectivity index (χ1) is 15.1. The van der Waals surface area contributed by atoms with Crippen LogP contribution in [0.5, 0.6) is 0 Å². The molecule has 0 bridgehead atoms. The van der Waals surface area contributed by atoms with Crippen LogP contribution in [0.3, 0.4) is 0 Å². The summed E-state index contributed by atoms with van der Waals surface area (Å²) in [7, 11) is 5.78. The van der Waals surface area contributed by atoms with Crippen molar-refractivity contribution >= 4 is 22.2 Å². The lowest BCUT2D eigenvalue weighted by Crippen LogP contribution is -2.45. The van der Waals surface area contributed by atoms with Crippen molar-refractivity contribution in [2.75, 3.05) is 0 Å². The molecule has 175 valence electrons. The maximum Gasteiger partial charge on any atom is 0.419 e. The molecule has 0 amide bonds. The van der Waals surface area contributed by atoms with E-state index in [1.807, 2.05) is 27.7 Å². The third kappa shape index (κ3) is 5.22. The van der Waals surface area contributed by atoms with Crippen molar-refractivity contribution in [2.45, 2.75) is 44.6 Å². The molecule has 0 fully saturated rings. The number of aryl methyl sites for hydroxylation is 1. The van der Waals surface area contributed by atoms with Gasteiger partial charge in [-0.05, 0) is 49.6 Å². The molecule has 0 N–H and O–H groups in total. The Morgan fingerprint density at radius 2 is 1.76 bits per heavy atom. The topological polar surface area (TPSA) is 49.0 Å². The third-order valence-electron chi connectivity index (χ3n) is 5.65. The minimum Gasteiger partial charge on any atom is -0.429 e. The number of aromatic nitrogens is 3. The number of pyridine rings is 1. The van der Waals surface area contributed by atoms with E-state index >= 15 is 0 Å². The highest BCUT2D eigenvalue weighted by molar-refractivity contribution is 7.19. The lowest BCUT2D eigenvalue weighted by Gasteiger charge is -2.39. The molecule has 0 saturated carbocycles. The van der Waals surface area contributed by atoms with Gasteiger partial charge in [0.15, 0.2) is 0 Å². The van der Waals surface area contributed by atoms with Crippen molar-refractivity contribution < 1.29 is 22.2 Å². The minimum atomic E-state index is -4.90. The molecule has 2 heterocycles. The molecule has 3 rings (SSSR count). The average molecular weight is 480 g/mol. The Morgan fingerprint density at radius 1 is 1.09 bits per heavy atom. The summed E-state index contributed by atoms with van der Waals surface area (Å²) >= 11 is 0. The lowest BCUT2D eigenvalue weighted by molar-refractivity contribution is -0.140. The number of hydrogen-bond donors (Lipinski definition) is 0. The van der Waals surface area contributed by atoms with Crippen LogP contribution in [0.25, 0.3) is 17.1 Å². The Balaban J connectivity index is 2.05. The summed E-state index contributed by atoms with van der Waals surface area (Å²) in [5.74, 6) is -1.41. The first-order valence-corrected chi connectivity index (χ1v) is 10.6. The Hall–Kier alpha value is -2.45. The zero-order valence-electron chi connectivity index (χ0n) is 18.9.